The normalized spacial score (nSPS) is 28.4. The number of aliphatic hydroxyl groups excluding tert-OH is 1. The molecular formula is C9H15N4O4PS. The second kappa shape index (κ2) is 6.04. The van der Waals surface area contributed by atoms with Crippen LogP contribution >= 0.6 is 19.8 Å². The molecule has 1 aromatic rings. The van der Waals surface area contributed by atoms with E-state index in [0.29, 0.717) is 6.42 Å². The molecule has 2 unspecified atom stereocenters. The SMILES string of the molecule is C[PH](=O)OC[C@H]1S[C@@H](n2cnc(N)nc2=O)CC1O. The Balaban J connectivity index is 2.07. The van der Waals surface area contributed by atoms with Gasteiger partial charge in [-0.25, -0.2) is 9.78 Å². The Kier molecular flexibility index (Phi) is 4.62. The van der Waals surface area contributed by atoms with Crippen molar-refractivity contribution in [1.82, 2.24) is 14.5 Å². The molecular weight excluding hydrogens is 291 g/mol. The van der Waals surface area contributed by atoms with Crippen LogP contribution in [-0.2, 0) is 9.09 Å². The van der Waals surface area contributed by atoms with Crippen molar-refractivity contribution in [1.29, 1.82) is 0 Å². The Morgan fingerprint density at radius 1 is 1.74 bits per heavy atom. The second-order valence-electron chi connectivity index (χ2n) is 4.14. The Hall–Kier alpha value is -0.890. The van der Waals surface area contributed by atoms with Crippen LogP contribution < -0.4 is 11.4 Å². The molecule has 10 heteroatoms. The van der Waals surface area contributed by atoms with Gasteiger partial charge in [-0.1, -0.05) is 0 Å². The lowest BCUT2D eigenvalue weighted by Gasteiger charge is -2.13. The van der Waals surface area contributed by atoms with Gasteiger partial charge in [0, 0.05) is 13.1 Å². The summed E-state index contributed by atoms with van der Waals surface area (Å²) >= 11 is 1.38. The first-order chi connectivity index (χ1) is 8.97. The lowest BCUT2D eigenvalue weighted by molar-refractivity contribution is 0.145. The molecule has 19 heavy (non-hydrogen) atoms. The van der Waals surface area contributed by atoms with E-state index in [1.807, 2.05) is 0 Å². The highest BCUT2D eigenvalue weighted by atomic mass is 32.2. The zero-order valence-corrected chi connectivity index (χ0v) is 12.0. The van der Waals surface area contributed by atoms with E-state index in [1.54, 1.807) is 0 Å². The lowest BCUT2D eigenvalue weighted by atomic mass is 10.2. The molecule has 1 aliphatic rings. The predicted octanol–water partition coefficient (Wildman–Crippen LogP) is -0.293. The van der Waals surface area contributed by atoms with E-state index in [0.717, 1.165) is 0 Å². The molecule has 4 atom stereocenters. The average molecular weight is 306 g/mol. The van der Waals surface area contributed by atoms with Crippen LogP contribution in [0.2, 0.25) is 0 Å². The molecule has 0 aliphatic carbocycles. The fourth-order valence-corrected chi connectivity index (χ4v) is 3.75. The van der Waals surface area contributed by atoms with Crippen LogP contribution in [0.4, 0.5) is 5.95 Å². The largest absolute Gasteiger partial charge is 0.392 e. The summed E-state index contributed by atoms with van der Waals surface area (Å²) in [7, 11) is -2.02. The molecule has 1 aromatic heterocycles. The van der Waals surface area contributed by atoms with E-state index in [2.05, 4.69) is 9.97 Å². The lowest BCUT2D eigenvalue weighted by Crippen LogP contribution is -2.26. The summed E-state index contributed by atoms with van der Waals surface area (Å²) < 4.78 is 17.3. The third-order valence-corrected chi connectivity index (χ3v) is 4.82. The first-order valence-electron chi connectivity index (χ1n) is 5.65. The summed E-state index contributed by atoms with van der Waals surface area (Å²) in [5.74, 6) is -0.0748. The maximum atomic E-state index is 11.7. The molecule has 1 aliphatic heterocycles. The molecule has 1 fully saturated rings. The van der Waals surface area contributed by atoms with Gasteiger partial charge in [0.05, 0.1) is 23.3 Å². The number of nitrogens with zero attached hydrogens (tertiary/aromatic N) is 3. The van der Waals surface area contributed by atoms with Gasteiger partial charge in [-0.15, -0.1) is 11.8 Å². The summed E-state index contributed by atoms with van der Waals surface area (Å²) in [6.45, 7) is 1.69. The Bertz CT molecular complexity index is 539. The minimum Gasteiger partial charge on any atom is -0.392 e. The molecule has 0 radical (unpaired) electrons. The number of hydrogen-bond donors (Lipinski definition) is 2. The molecule has 2 rings (SSSR count). The Labute approximate surface area is 114 Å². The van der Waals surface area contributed by atoms with Gasteiger partial charge in [-0.3, -0.25) is 9.13 Å². The third kappa shape index (κ3) is 3.56. The van der Waals surface area contributed by atoms with Crippen LogP contribution in [0.5, 0.6) is 0 Å². The number of aliphatic hydroxyl groups is 1. The van der Waals surface area contributed by atoms with Crippen LogP contribution in [0.25, 0.3) is 0 Å². The van der Waals surface area contributed by atoms with E-state index < -0.39 is 19.8 Å². The van der Waals surface area contributed by atoms with Crippen molar-refractivity contribution in [2.24, 2.45) is 0 Å². The number of thioether (sulfide) groups is 1. The molecule has 106 valence electrons. The minimum atomic E-state index is -2.02. The summed E-state index contributed by atoms with van der Waals surface area (Å²) in [6.07, 6.45) is 1.08. The molecule has 8 nitrogen and oxygen atoms in total. The first kappa shape index (κ1) is 14.5. The molecule has 1 saturated heterocycles. The van der Waals surface area contributed by atoms with Crippen LogP contribution in [-0.4, -0.2) is 44.3 Å². The van der Waals surface area contributed by atoms with Crippen molar-refractivity contribution in [3.8, 4) is 0 Å². The molecule has 0 bridgehead atoms. The number of nitrogen functional groups attached to an aromatic ring is 1. The summed E-state index contributed by atoms with van der Waals surface area (Å²) in [6, 6.07) is 0. The molecule has 2 heterocycles. The monoisotopic (exact) mass is 306 g/mol. The van der Waals surface area contributed by atoms with Gasteiger partial charge in [0.15, 0.2) is 8.03 Å². The highest BCUT2D eigenvalue weighted by Crippen LogP contribution is 2.41. The number of hydrogen-bond acceptors (Lipinski definition) is 8. The van der Waals surface area contributed by atoms with Gasteiger partial charge in [-0.05, 0) is 0 Å². The van der Waals surface area contributed by atoms with Gasteiger partial charge in [0.1, 0.15) is 6.33 Å². The van der Waals surface area contributed by atoms with Crippen molar-refractivity contribution in [2.75, 3.05) is 19.0 Å². The first-order valence-corrected chi connectivity index (χ1v) is 8.41. The highest BCUT2D eigenvalue weighted by molar-refractivity contribution is 8.00. The van der Waals surface area contributed by atoms with Gasteiger partial charge in [0.25, 0.3) is 0 Å². The minimum absolute atomic E-state index is 0.0748. The van der Waals surface area contributed by atoms with E-state index in [-0.39, 0.29) is 23.2 Å². The number of nitrogens with two attached hydrogens (primary N) is 1. The highest BCUT2D eigenvalue weighted by Gasteiger charge is 2.35. The van der Waals surface area contributed by atoms with Gasteiger partial charge >= 0.3 is 5.69 Å². The smallest absolute Gasteiger partial charge is 0.353 e. The molecule has 3 N–H and O–H groups in total. The average Bonchev–Trinajstić information content (AvgIpc) is 2.67. The topological polar surface area (TPSA) is 120 Å². The van der Waals surface area contributed by atoms with Crippen molar-refractivity contribution >= 4 is 25.7 Å². The van der Waals surface area contributed by atoms with Gasteiger partial charge < -0.3 is 15.4 Å². The quantitative estimate of drug-likeness (QED) is 0.728. The van der Waals surface area contributed by atoms with E-state index in [4.69, 9.17) is 10.3 Å². The standard InChI is InChI=1S/C9H15N4O4PS/c1-18(16)17-3-6-5(14)2-7(19-6)13-4-11-8(10)12-9(13)15/h4-7,14,18H,2-3H2,1H3,(H2,10,12,15)/t5?,6-,7-/m1/s1. The molecule has 0 amide bonds. The van der Waals surface area contributed by atoms with Gasteiger partial charge in [-0.2, -0.15) is 4.98 Å². The van der Waals surface area contributed by atoms with Crippen molar-refractivity contribution in [2.45, 2.75) is 23.1 Å². The maximum absolute atomic E-state index is 11.7. The maximum Gasteiger partial charge on any atom is 0.353 e. The zero-order chi connectivity index (χ0) is 14.0. The Morgan fingerprint density at radius 3 is 3.11 bits per heavy atom. The number of aromatic nitrogens is 3. The Morgan fingerprint density at radius 2 is 2.47 bits per heavy atom. The second-order valence-corrected chi connectivity index (χ2v) is 6.83. The van der Waals surface area contributed by atoms with Crippen molar-refractivity contribution in [3.05, 3.63) is 16.8 Å². The zero-order valence-electron chi connectivity index (χ0n) is 10.2. The van der Waals surface area contributed by atoms with Crippen LogP contribution in [0, 0.1) is 0 Å². The van der Waals surface area contributed by atoms with Crippen LogP contribution in [0.15, 0.2) is 11.1 Å². The number of rotatable bonds is 4. The van der Waals surface area contributed by atoms with E-state index >= 15 is 0 Å². The predicted molar refractivity (Wildman–Crippen MR) is 72.6 cm³/mol. The van der Waals surface area contributed by atoms with Crippen molar-refractivity contribution < 1.29 is 14.2 Å². The van der Waals surface area contributed by atoms with Crippen molar-refractivity contribution in [3.63, 3.8) is 0 Å². The number of anilines is 1. The summed E-state index contributed by atoms with van der Waals surface area (Å²) in [4.78, 5) is 19.0. The fourth-order valence-electron chi connectivity index (χ4n) is 1.79. The van der Waals surface area contributed by atoms with E-state index in [9.17, 15) is 14.5 Å². The van der Waals surface area contributed by atoms with Crippen LogP contribution in [0.3, 0.4) is 0 Å². The third-order valence-electron chi connectivity index (χ3n) is 2.71. The van der Waals surface area contributed by atoms with Gasteiger partial charge in [0.2, 0.25) is 5.95 Å². The summed E-state index contributed by atoms with van der Waals surface area (Å²) in [5.41, 5.74) is 4.82. The molecule has 0 spiro atoms. The van der Waals surface area contributed by atoms with E-state index in [1.165, 1.54) is 29.3 Å². The molecule has 0 saturated carbocycles. The molecule has 0 aromatic carbocycles. The fraction of sp³-hybridized carbons (Fsp3) is 0.667. The van der Waals surface area contributed by atoms with Crippen LogP contribution in [0.1, 0.15) is 11.8 Å². The summed E-state index contributed by atoms with van der Waals surface area (Å²) in [5, 5.41) is 9.42.